The number of nitrogens with zero attached hydrogens (tertiary/aromatic N) is 3. The van der Waals surface area contributed by atoms with Crippen LogP contribution in [0.5, 0.6) is 0 Å². The maximum absolute atomic E-state index is 9.82. The lowest BCUT2D eigenvalue weighted by atomic mass is 9.97. The van der Waals surface area contributed by atoms with E-state index in [4.69, 9.17) is 47.4 Å². The summed E-state index contributed by atoms with van der Waals surface area (Å²) in [7, 11) is 0. The van der Waals surface area contributed by atoms with Gasteiger partial charge in [0.2, 0.25) is 0 Å². The molecule has 13 nitrogen and oxygen atoms in total. The lowest BCUT2D eigenvalue weighted by Gasteiger charge is -2.46. The molecule has 6 rings (SSSR count). The van der Waals surface area contributed by atoms with Gasteiger partial charge < -0.3 is 47.4 Å². The van der Waals surface area contributed by atoms with Gasteiger partial charge in [0.1, 0.15) is 36.6 Å². The summed E-state index contributed by atoms with van der Waals surface area (Å²) in [5, 5.41) is 4.17. The third-order valence-corrected chi connectivity index (χ3v) is 10.4. The molecule has 2 aliphatic rings. The molecule has 2 fully saturated rings. The zero-order valence-corrected chi connectivity index (χ0v) is 35.6. The minimum Gasteiger partial charge on any atom is -0.379 e. The molecule has 2 aliphatic heterocycles. The summed E-state index contributed by atoms with van der Waals surface area (Å²) in [4.78, 5) is 3.20. The first-order valence-electron chi connectivity index (χ1n) is 21.3. The molecule has 0 spiro atoms. The van der Waals surface area contributed by atoms with Crippen LogP contribution in [0.2, 0.25) is 0 Å². The summed E-state index contributed by atoms with van der Waals surface area (Å²) in [6.07, 6.45) is -2.97. The maximum atomic E-state index is 9.82. The van der Waals surface area contributed by atoms with E-state index in [-0.39, 0.29) is 33.0 Å². The van der Waals surface area contributed by atoms with E-state index >= 15 is 0 Å². The Hall–Kier alpha value is -4.21. The number of azide groups is 1. The van der Waals surface area contributed by atoms with Crippen LogP contribution in [-0.2, 0) is 73.8 Å². The van der Waals surface area contributed by atoms with Gasteiger partial charge >= 0.3 is 0 Å². The first-order valence-corrected chi connectivity index (χ1v) is 21.3. The van der Waals surface area contributed by atoms with Gasteiger partial charge in [0.25, 0.3) is 0 Å². The fraction of sp³-hybridized carbons (Fsp3) is 0.500. The minimum absolute atomic E-state index is 0.0841. The molecule has 0 amide bonds. The smallest absolute Gasteiger partial charge is 0.186 e. The van der Waals surface area contributed by atoms with Crippen LogP contribution in [0.3, 0.4) is 0 Å². The summed E-state index contributed by atoms with van der Waals surface area (Å²) >= 11 is 0. The predicted octanol–water partition coefficient (Wildman–Crippen LogP) is 8.73. The largest absolute Gasteiger partial charge is 0.379 e. The van der Waals surface area contributed by atoms with Gasteiger partial charge in [-0.2, -0.15) is 0 Å². The van der Waals surface area contributed by atoms with Crippen LogP contribution in [0.15, 0.2) is 126 Å². The maximum Gasteiger partial charge on any atom is 0.186 e. The van der Waals surface area contributed by atoms with E-state index in [2.05, 4.69) is 16.9 Å². The van der Waals surface area contributed by atoms with Crippen molar-refractivity contribution in [1.29, 1.82) is 0 Å². The molecule has 13 heteroatoms. The second-order valence-electron chi connectivity index (χ2n) is 15.6. The lowest BCUT2D eigenvalue weighted by molar-refractivity contribution is -0.329. The van der Waals surface area contributed by atoms with Crippen molar-refractivity contribution < 1.29 is 47.4 Å². The van der Waals surface area contributed by atoms with E-state index in [0.29, 0.717) is 33.0 Å². The average molecular weight is 840 g/mol. The predicted molar refractivity (Wildman–Crippen MR) is 229 cm³/mol. The summed E-state index contributed by atoms with van der Waals surface area (Å²) in [6, 6.07) is 39.0. The molecule has 4 aromatic rings. The number of unbranched alkanes of at least 4 members (excludes halogenated alkanes) is 1. The molecular weight excluding hydrogens is 779 g/mol. The Kier molecular flexibility index (Phi) is 19.0. The number of benzene rings is 4. The van der Waals surface area contributed by atoms with Crippen LogP contribution in [0.4, 0.5) is 0 Å². The Balaban J connectivity index is 1.27. The van der Waals surface area contributed by atoms with E-state index in [1.807, 2.05) is 135 Å². The average Bonchev–Trinajstić information content (AvgIpc) is 3.60. The Bertz CT molecular complexity index is 1840. The molecule has 0 bridgehead atoms. The van der Waals surface area contributed by atoms with Crippen molar-refractivity contribution in [1.82, 2.24) is 0 Å². The highest BCUT2D eigenvalue weighted by atomic mass is 16.8. The molecule has 0 N–H and O–H groups in total. The monoisotopic (exact) mass is 839 g/mol. The van der Waals surface area contributed by atoms with Crippen molar-refractivity contribution in [3.05, 3.63) is 154 Å². The Morgan fingerprint density at radius 3 is 1.66 bits per heavy atom. The molecule has 0 radical (unpaired) electrons. The van der Waals surface area contributed by atoms with E-state index in [9.17, 15) is 5.53 Å². The van der Waals surface area contributed by atoms with Gasteiger partial charge in [0.15, 0.2) is 12.1 Å². The topological polar surface area (TPSA) is 141 Å². The summed E-state index contributed by atoms with van der Waals surface area (Å²) in [5.41, 5.74) is 13.8. The Morgan fingerprint density at radius 2 is 1.10 bits per heavy atom. The minimum atomic E-state index is -1.01. The Morgan fingerprint density at radius 1 is 0.590 bits per heavy atom. The number of rotatable bonds is 26. The van der Waals surface area contributed by atoms with Crippen molar-refractivity contribution in [3.8, 4) is 0 Å². The second kappa shape index (κ2) is 25.0. The summed E-state index contributed by atoms with van der Waals surface area (Å²) in [6.45, 7) is 8.79. The number of hydrogen-bond donors (Lipinski definition) is 0. The highest BCUT2D eigenvalue weighted by Gasteiger charge is 2.50. The molecule has 4 aromatic carbocycles. The molecular formula is C48H61N3O10. The van der Waals surface area contributed by atoms with Crippen LogP contribution in [0.1, 0.15) is 55.9 Å². The normalized spacial score (nSPS) is 24.0. The molecule has 0 unspecified atom stereocenters. The van der Waals surface area contributed by atoms with Crippen LogP contribution >= 0.6 is 0 Å². The Labute approximate surface area is 360 Å². The van der Waals surface area contributed by atoms with Crippen molar-refractivity contribution in [3.63, 3.8) is 0 Å². The first-order chi connectivity index (χ1) is 29.9. The van der Waals surface area contributed by atoms with Gasteiger partial charge in [-0.15, -0.1) is 0 Å². The standard InChI is InChI=1S/C48H61N3O10/c1-4-5-26-52-27-28-53-35-42-43(61-48(2,3)60-42)40(50-51-49)33-58-47-46(57-32-39-24-16-9-17-25-39)45(56-31-38-22-14-8-15-23-38)44(55-30-37-20-12-7-13-21-37)41(59-47)34-54-29-36-18-10-6-11-19-36/h6-25,40-47H,4-5,26-35H2,1-3H3/t40-,41+,42+,43-,44-,45-,46+,47-/m0/s1. The van der Waals surface area contributed by atoms with Gasteiger partial charge in [0.05, 0.1) is 65.5 Å². The van der Waals surface area contributed by atoms with Crippen LogP contribution in [0, 0.1) is 0 Å². The van der Waals surface area contributed by atoms with Gasteiger partial charge in [-0.05, 0) is 48.1 Å². The SMILES string of the molecule is CCCCOCCOC[C@H]1OC(C)(C)O[C@H]1[C@H](CO[C@H]1O[C@H](COCc2ccccc2)[C@H](OCc2ccccc2)[C@H](OCc2ccccc2)[C@H]1OCc1ccccc1)N=[N+]=[N-]. The molecule has 0 aromatic heterocycles. The molecule has 0 saturated carbocycles. The van der Waals surface area contributed by atoms with Crippen LogP contribution < -0.4 is 0 Å². The zero-order chi connectivity index (χ0) is 42.5. The van der Waals surface area contributed by atoms with E-state index in [1.54, 1.807) is 0 Å². The van der Waals surface area contributed by atoms with Gasteiger partial charge in [0, 0.05) is 11.5 Å². The molecule has 2 heterocycles. The van der Waals surface area contributed by atoms with Crippen LogP contribution in [0.25, 0.3) is 10.4 Å². The van der Waals surface area contributed by atoms with Crippen molar-refractivity contribution in [2.75, 3.05) is 39.6 Å². The van der Waals surface area contributed by atoms with E-state index in [1.165, 1.54) is 0 Å². The third kappa shape index (κ3) is 15.0. The van der Waals surface area contributed by atoms with Gasteiger partial charge in [-0.1, -0.05) is 140 Å². The summed E-state index contributed by atoms with van der Waals surface area (Å²) < 4.78 is 64.6. The van der Waals surface area contributed by atoms with Gasteiger partial charge in [-0.3, -0.25) is 0 Å². The quantitative estimate of drug-likeness (QED) is 0.0261. The lowest BCUT2D eigenvalue weighted by Crippen LogP contribution is -2.62. The fourth-order valence-corrected chi connectivity index (χ4v) is 7.32. The van der Waals surface area contributed by atoms with E-state index < -0.39 is 54.7 Å². The zero-order valence-electron chi connectivity index (χ0n) is 35.6. The molecule has 0 aliphatic carbocycles. The van der Waals surface area contributed by atoms with Crippen molar-refractivity contribution in [2.45, 2.75) is 115 Å². The van der Waals surface area contributed by atoms with Gasteiger partial charge in [-0.25, -0.2) is 0 Å². The van der Waals surface area contributed by atoms with Crippen LogP contribution in [-0.4, -0.2) is 94.4 Å². The highest BCUT2D eigenvalue weighted by molar-refractivity contribution is 5.16. The van der Waals surface area contributed by atoms with E-state index in [0.717, 1.165) is 35.1 Å². The number of hydrogen-bond acceptors (Lipinski definition) is 11. The first kappa shape index (κ1) is 46.3. The molecule has 8 atom stereocenters. The van der Waals surface area contributed by atoms with Crippen molar-refractivity contribution in [2.24, 2.45) is 5.11 Å². The molecule has 61 heavy (non-hydrogen) atoms. The fourth-order valence-electron chi connectivity index (χ4n) is 7.32. The highest BCUT2D eigenvalue weighted by Crippen LogP contribution is 2.34. The second-order valence-corrected chi connectivity index (χ2v) is 15.6. The molecule has 328 valence electrons. The number of ether oxygens (including phenoxy) is 10. The summed E-state index contributed by atoms with van der Waals surface area (Å²) in [5.74, 6) is -0.955. The van der Waals surface area contributed by atoms with Crippen molar-refractivity contribution >= 4 is 0 Å². The third-order valence-electron chi connectivity index (χ3n) is 10.4. The molecule has 2 saturated heterocycles.